The first kappa shape index (κ1) is 14.7. The van der Waals surface area contributed by atoms with Gasteiger partial charge >= 0.3 is 0 Å². The van der Waals surface area contributed by atoms with E-state index >= 15 is 0 Å². The summed E-state index contributed by atoms with van der Waals surface area (Å²) in [6.07, 6.45) is 6.57. The van der Waals surface area contributed by atoms with Crippen molar-refractivity contribution in [3.63, 3.8) is 0 Å². The van der Waals surface area contributed by atoms with Crippen molar-refractivity contribution in [2.75, 3.05) is 0 Å². The summed E-state index contributed by atoms with van der Waals surface area (Å²) in [6, 6.07) is 16.7. The fourth-order valence-corrected chi connectivity index (χ4v) is 4.37. The van der Waals surface area contributed by atoms with E-state index in [9.17, 15) is 0 Å². The van der Waals surface area contributed by atoms with Crippen LogP contribution in [0.4, 0.5) is 0 Å². The lowest BCUT2D eigenvalue weighted by molar-refractivity contribution is 0.309. The van der Waals surface area contributed by atoms with Crippen LogP contribution in [-0.2, 0) is 6.61 Å². The lowest BCUT2D eigenvalue weighted by Gasteiger charge is -2.20. The summed E-state index contributed by atoms with van der Waals surface area (Å²) >= 11 is 1.61. The minimum absolute atomic E-state index is 0.610. The molecule has 0 aliphatic heterocycles. The maximum Gasteiger partial charge on any atom is 0.130 e. The van der Waals surface area contributed by atoms with E-state index in [1.165, 1.54) is 53.4 Å². The molecule has 0 radical (unpaired) electrons. The van der Waals surface area contributed by atoms with Crippen LogP contribution in [0.5, 0.6) is 5.75 Å². The van der Waals surface area contributed by atoms with Gasteiger partial charge in [-0.25, -0.2) is 0 Å². The Kier molecular flexibility index (Phi) is 4.29. The molecule has 0 N–H and O–H groups in total. The molecule has 3 heteroatoms. The smallest absolute Gasteiger partial charge is 0.130 e. The minimum atomic E-state index is 0.610. The molecule has 3 aromatic rings. The summed E-state index contributed by atoms with van der Waals surface area (Å²) in [4.78, 5) is 0. The van der Waals surface area contributed by atoms with Crippen molar-refractivity contribution >= 4 is 21.6 Å². The summed E-state index contributed by atoms with van der Waals surface area (Å²) in [7, 11) is 0. The standard InChI is InChI=1S/C20H21NOS/c1-3-8-15(9-4-1)14-22-17-12-7-13-18-19(17)20(21-23-18)16-10-5-2-6-11-16/h1,3-4,7-9,12-13,16H,2,5-6,10-11,14H2. The van der Waals surface area contributed by atoms with Gasteiger partial charge in [0.15, 0.2) is 0 Å². The zero-order valence-electron chi connectivity index (χ0n) is 13.2. The first-order chi connectivity index (χ1) is 11.4. The summed E-state index contributed by atoms with van der Waals surface area (Å²) in [5.41, 5.74) is 2.47. The van der Waals surface area contributed by atoms with Gasteiger partial charge in [-0.2, -0.15) is 4.37 Å². The van der Waals surface area contributed by atoms with E-state index in [1.54, 1.807) is 11.5 Å². The maximum absolute atomic E-state index is 6.16. The number of hydrogen-bond donors (Lipinski definition) is 0. The lowest BCUT2D eigenvalue weighted by Crippen LogP contribution is -2.05. The van der Waals surface area contributed by atoms with Gasteiger partial charge in [-0.1, -0.05) is 55.7 Å². The summed E-state index contributed by atoms with van der Waals surface area (Å²) in [6.45, 7) is 0.611. The van der Waals surface area contributed by atoms with Crippen LogP contribution in [0, 0.1) is 0 Å². The maximum atomic E-state index is 6.16. The molecule has 1 fully saturated rings. The van der Waals surface area contributed by atoms with E-state index in [2.05, 4.69) is 42.5 Å². The van der Waals surface area contributed by atoms with Gasteiger partial charge in [-0.05, 0) is 42.1 Å². The van der Waals surface area contributed by atoms with Gasteiger partial charge in [0.05, 0.1) is 15.8 Å². The minimum Gasteiger partial charge on any atom is -0.488 e. The van der Waals surface area contributed by atoms with Gasteiger partial charge in [0.2, 0.25) is 0 Å². The van der Waals surface area contributed by atoms with Gasteiger partial charge < -0.3 is 4.74 Å². The van der Waals surface area contributed by atoms with E-state index in [4.69, 9.17) is 9.11 Å². The molecule has 1 aliphatic rings. The van der Waals surface area contributed by atoms with E-state index in [0.717, 1.165) is 5.75 Å². The zero-order valence-corrected chi connectivity index (χ0v) is 14.0. The molecule has 2 aromatic carbocycles. The van der Waals surface area contributed by atoms with Crippen LogP contribution in [-0.4, -0.2) is 4.37 Å². The van der Waals surface area contributed by atoms with Gasteiger partial charge in [0.25, 0.3) is 0 Å². The number of hydrogen-bond acceptors (Lipinski definition) is 3. The average Bonchev–Trinajstić information content (AvgIpc) is 3.06. The predicted molar refractivity (Wildman–Crippen MR) is 96.2 cm³/mol. The Labute approximate surface area is 141 Å². The van der Waals surface area contributed by atoms with Crippen molar-refractivity contribution < 1.29 is 4.74 Å². The molecular weight excluding hydrogens is 302 g/mol. The quantitative estimate of drug-likeness (QED) is 0.594. The van der Waals surface area contributed by atoms with Crippen molar-refractivity contribution in [2.45, 2.75) is 44.6 Å². The molecule has 4 rings (SSSR count). The highest BCUT2D eigenvalue weighted by molar-refractivity contribution is 7.13. The number of fused-ring (bicyclic) bond motifs is 1. The van der Waals surface area contributed by atoms with E-state index in [0.29, 0.717) is 12.5 Å². The van der Waals surface area contributed by atoms with Crippen LogP contribution >= 0.6 is 11.5 Å². The molecule has 0 spiro atoms. The van der Waals surface area contributed by atoms with E-state index in [1.807, 2.05) is 6.07 Å². The summed E-state index contributed by atoms with van der Waals surface area (Å²) in [5.74, 6) is 1.60. The molecule has 23 heavy (non-hydrogen) atoms. The Hall–Kier alpha value is -1.87. The number of rotatable bonds is 4. The highest BCUT2D eigenvalue weighted by atomic mass is 32.1. The predicted octanol–water partition coefficient (Wildman–Crippen LogP) is 5.92. The number of ether oxygens (including phenoxy) is 1. The van der Waals surface area contributed by atoms with Crippen molar-refractivity contribution in [3.8, 4) is 5.75 Å². The van der Waals surface area contributed by atoms with E-state index < -0.39 is 0 Å². The van der Waals surface area contributed by atoms with Crippen molar-refractivity contribution in [2.24, 2.45) is 0 Å². The molecule has 0 saturated heterocycles. The van der Waals surface area contributed by atoms with Gasteiger partial charge in [0.1, 0.15) is 12.4 Å². The zero-order chi connectivity index (χ0) is 15.5. The molecule has 1 aromatic heterocycles. The molecular formula is C20H21NOS. The fraction of sp³-hybridized carbons (Fsp3) is 0.350. The van der Waals surface area contributed by atoms with E-state index in [-0.39, 0.29) is 0 Å². The van der Waals surface area contributed by atoms with Gasteiger partial charge in [-0.3, -0.25) is 0 Å². The Bertz CT molecular complexity index is 775. The van der Waals surface area contributed by atoms with Crippen LogP contribution in [0.1, 0.15) is 49.3 Å². The Morgan fingerprint density at radius 1 is 0.957 bits per heavy atom. The third-order valence-electron chi connectivity index (χ3n) is 4.72. The van der Waals surface area contributed by atoms with Crippen molar-refractivity contribution in [1.82, 2.24) is 4.37 Å². The molecule has 0 atom stereocenters. The van der Waals surface area contributed by atoms with Crippen LogP contribution < -0.4 is 4.74 Å². The second-order valence-corrected chi connectivity index (χ2v) is 7.11. The third-order valence-corrected chi connectivity index (χ3v) is 5.54. The Balaban J connectivity index is 1.64. The first-order valence-corrected chi connectivity index (χ1v) is 9.24. The fourth-order valence-electron chi connectivity index (χ4n) is 3.49. The topological polar surface area (TPSA) is 22.1 Å². The van der Waals surface area contributed by atoms with Crippen molar-refractivity contribution in [3.05, 3.63) is 59.8 Å². The Morgan fingerprint density at radius 2 is 1.78 bits per heavy atom. The van der Waals surface area contributed by atoms with Crippen LogP contribution in [0.3, 0.4) is 0 Å². The number of benzene rings is 2. The highest BCUT2D eigenvalue weighted by Crippen LogP contribution is 2.40. The second-order valence-electron chi connectivity index (χ2n) is 6.31. The molecule has 1 heterocycles. The molecule has 0 unspecified atom stereocenters. The molecule has 0 bridgehead atoms. The molecule has 118 valence electrons. The Morgan fingerprint density at radius 3 is 2.61 bits per heavy atom. The second kappa shape index (κ2) is 6.71. The normalized spacial score (nSPS) is 15.8. The molecule has 1 saturated carbocycles. The lowest BCUT2D eigenvalue weighted by atomic mass is 9.86. The monoisotopic (exact) mass is 323 g/mol. The number of nitrogens with zero attached hydrogens (tertiary/aromatic N) is 1. The molecule has 1 aliphatic carbocycles. The highest BCUT2D eigenvalue weighted by Gasteiger charge is 2.22. The summed E-state index contributed by atoms with van der Waals surface area (Å²) in [5, 5.41) is 1.25. The number of aromatic nitrogens is 1. The SMILES string of the molecule is c1ccc(COc2cccc3snc(C4CCCCC4)c23)cc1. The van der Waals surface area contributed by atoms with Crippen LogP contribution in [0.25, 0.3) is 10.1 Å². The van der Waals surface area contributed by atoms with Crippen LogP contribution in [0.2, 0.25) is 0 Å². The largest absolute Gasteiger partial charge is 0.488 e. The average molecular weight is 323 g/mol. The van der Waals surface area contributed by atoms with Gasteiger partial charge in [0, 0.05) is 5.92 Å². The van der Waals surface area contributed by atoms with Gasteiger partial charge in [-0.15, -0.1) is 0 Å². The van der Waals surface area contributed by atoms with Crippen LogP contribution in [0.15, 0.2) is 48.5 Å². The van der Waals surface area contributed by atoms with Crippen molar-refractivity contribution in [1.29, 1.82) is 0 Å². The summed E-state index contributed by atoms with van der Waals surface area (Å²) < 4.78 is 12.2. The molecule has 0 amide bonds. The third kappa shape index (κ3) is 3.11. The molecule has 2 nitrogen and oxygen atoms in total. The first-order valence-electron chi connectivity index (χ1n) is 8.47.